The van der Waals surface area contributed by atoms with Crippen LogP contribution < -0.4 is 14.8 Å². The van der Waals surface area contributed by atoms with E-state index in [1.165, 1.54) is 16.7 Å². The molecule has 1 unspecified atom stereocenters. The molecule has 0 spiro atoms. The van der Waals surface area contributed by atoms with Crippen molar-refractivity contribution in [2.75, 3.05) is 30.9 Å². The maximum atomic E-state index is 11.9. The Balaban J connectivity index is 1.41. The molecule has 5 rings (SSSR count). The molecule has 2 aliphatic carbocycles. The van der Waals surface area contributed by atoms with Gasteiger partial charge in [-0.15, -0.1) is 0 Å². The Labute approximate surface area is 247 Å². The number of ether oxygens (including phenoxy) is 2. The first-order valence-electron chi connectivity index (χ1n) is 14.4. The van der Waals surface area contributed by atoms with Crippen LogP contribution in [0.2, 0.25) is 5.02 Å². The highest BCUT2D eigenvalue weighted by molar-refractivity contribution is 7.89. The van der Waals surface area contributed by atoms with E-state index in [1.54, 1.807) is 25.3 Å². The number of nitrogens with two attached hydrogens (primary N) is 1. The van der Waals surface area contributed by atoms with Crippen molar-refractivity contribution in [3.05, 3.63) is 69.8 Å². The second-order valence-electron chi connectivity index (χ2n) is 11.6. The first kappa shape index (κ1) is 29.9. The van der Waals surface area contributed by atoms with Crippen LogP contribution in [0, 0.1) is 17.8 Å². The van der Waals surface area contributed by atoms with Crippen molar-refractivity contribution < 1.29 is 27.8 Å². The van der Waals surface area contributed by atoms with Gasteiger partial charge in [-0.1, -0.05) is 23.7 Å². The summed E-state index contributed by atoms with van der Waals surface area (Å²) in [5, 5.41) is 15.7. The molecule has 1 saturated carbocycles. The van der Waals surface area contributed by atoms with Crippen molar-refractivity contribution in [1.82, 2.24) is 0 Å². The van der Waals surface area contributed by atoms with E-state index >= 15 is 0 Å². The fraction of sp³-hybridized carbons (Fsp3) is 0.516. The average molecular weight is 603 g/mol. The summed E-state index contributed by atoms with van der Waals surface area (Å²) in [6.45, 7) is 1.90. The average Bonchev–Trinajstić information content (AvgIpc) is 2.91. The number of sulfonamides is 1. The van der Waals surface area contributed by atoms with E-state index in [2.05, 4.69) is 17.0 Å². The Morgan fingerprint density at radius 1 is 1.20 bits per heavy atom. The zero-order valence-corrected chi connectivity index (χ0v) is 25.0. The van der Waals surface area contributed by atoms with Crippen LogP contribution in [0.25, 0.3) is 0 Å². The third-order valence-electron chi connectivity index (χ3n) is 8.83. The van der Waals surface area contributed by atoms with Gasteiger partial charge in [0.15, 0.2) is 0 Å². The lowest BCUT2D eigenvalue weighted by molar-refractivity contribution is 0.000677. The van der Waals surface area contributed by atoms with E-state index in [9.17, 15) is 18.3 Å². The molecule has 0 radical (unpaired) electrons. The number of primary sulfonamides is 1. The number of carboxylic acid groups (broad SMARTS) is 1. The van der Waals surface area contributed by atoms with Crippen molar-refractivity contribution in [2.24, 2.45) is 22.9 Å². The third kappa shape index (κ3) is 7.25. The number of aryl methyl sites for hydroxylation is 1. The number of rotatable bonds is 9. The number of fused-ring (bicyclic) bond motifs is 2. The van der Waals surface area contributed by atoms with Gasteiger partial charge in [-0.05, 0) is 110 Å². The molecule has 0 saturated heterocycles. The van der Waals surface area contributed by atoms with Gasteiger partial charge in [0.1, 0.15) is 5.75 Å². The van der Waals surface area contributed by atoms with Crippen molar-refractivity contribution in [1.29, 1.82) is 0 Å². The second-order valence-corrected chi connectivity index (χ2v) is 13.8. The molecule has 222 valence electrons. The van der Waals surface area contributed by atoms with Crippen LogP contribution >= 0.6 is 11.6 Å². The zero-order valence-electron chi connectivity index (χ0n) is 23.4. The Morgan fingerprint density at radius 3 is 2.68 bits per heavy atom. The van der Waals surface area contributed by atoms with Crippen molar-refractivity contribution in [2.45, 2.75) is 57.6 Å². The van der Waals surface area contributed by atoms with Gasteiger partial charge < -0.3 is 19.5 Å². The summed E-state index contributed by atoms with van der Waals surface area (Å²) in [6.07, 6.45) is 8.36. The van der Waals surface area contributed by atoms with Crippen LogP contribution in [0.5, 0.6) is 5.75 Å². The lowest BCUT2D eigenvalue weighted by Gasteiger charge is -2.46. The van der Waals surface area contributed by atoms with Gasteiger partial charge in [-0.3, -0.25) is 0 Å². The van der Waals surface area contributed by atoms with Gasteiger partial charge >= 0.3 is 5.97 Å². The van der Waals surface area contributed by atoms with E-state index in [1.807, 2.05) is 12.1 Å². The summed E-state index contributed by atoms with van der Waals surface area (Å²) >= 11 is 6.38. The van der Waals surface area contributed by atoms with Crippen molar-refractivity contribution in [3.63, 3.8) is 0 Å². The fourth-order valence-corrected chi connectivity index (χ4v) is 7.27. The number of carbonyl (C=O) groups is 1. The molecular formula is C31H39ClN2O6S. The van der Waals surface area contributed by atoms with Gasteiger partial charge in [0.05, 0.1) is 29.7 Å². The van der Waals surface area contributed by atoms with Crippen LogP contribution in [0.1, 0.15) is 60.0 Å². The number of anilines is 1. The van der Waals surface area contributed by atoms with Gasteiger partial charge in [-0.2, -0.15) is 0 Å². The molecule has 3 N–H and O–H groups in total. The molecule has 10 heteroatoms. The summed E-state index contributed by atoms with van der Waals surface area (Å²) < 4.78 is 35.0. The largest absolute Gasteiger partial charge is 0.491 e. The van der Waals surface area contributed by atoms with Gasteiger partial charge in [-0.25, -0.2) is 18.4 Å². The molecule has 4 atom stereocenters. The predicted octanol–water partition coefficient (Wildman–Crippen LogP) is 5.43. The fourth-order valence-electron chi connectivity index (χ4n) is 6.44. The Morgan fingerprint density at radius 2 is 2.00 bits per heavy atom. The number of hydrogen-bond donors (Lipinski definition) is 2. The van der Waals surface area contributed by atoms with Crippen LogP contribution in [-0.4, -0.2) is 51.6 Å². The number of carboxylic acids is 1. The molecule has 0 aromatic heterocycles. The van der Waals surface area contributed by atoms with Crippen molar-refractivity contribution >= 4 is 33.3 Å². The molecule has 0 amide bonds. The zero-order chi connectivity index (χ0) is 29.1. The second kappa shape index (κ2) is 12.7. The first-order chi connectivity index (χ1) is 19.6. The minimum absolute atomic E-state index is 0.00734. The maximum Gasteiger partial charge on any atom is 0.335 e. The minimum atomic E-state index is -3.46. The van der Waals surface area contributed by atoms with E-state index in [0.717, 1.165) is 50.8 Å². The molecular weight excluding hydrogens is 564 g/mol. The molecule has 2 aromatic carbocycles. The highest BCUT2D eigenvalue weighted by Crippen LogP contribution is 2.46. The molecule has 41 heavy (non-hydrogen) atoms. The van der Waals surface area contributed by atoms with Crippen LogP contribution in [0.15, 0.2) is 48.0 Å². The summed E-state index contributed by atoms with van der Waals surface area (Å²) in [5.41, 5.74) is 4.65. The topological polar surface area (TPSA) is 119 Å². The van der Waals surface area contributed by atoms with Gasteiger partial charge in [0.25, 0.3) is 0 Å². The lowest BCUT2D eigenvalue weighted by Crippen LogP contribution is -2.45. The number of hydrogen-bond acceptors (Lipinski definition) is 6. The number of nitrogens with zero attached hydrogens (tertiary/aromatic N) is 1. The van der Waals surface area contributed by atoms with E-state index in [4.69, 9.17) is 26.2 Å². The third-order valence-corrected chi connectivity index (χ3v) is 9.87. The molecule has 8 nitrogen and oxygen atoms in total. The number of halogens is 1. The van der Waals surface area contributed by atoms with E-state index in [-0.39, 0.29) is 23.3 Å². The normalized spacial score (nSPS) is 23.4. The molecule has 1 fully saturated rings. The first-order valence-corrected chi connectivity index (χ1v) is 16.5. The minimum Gasteiger partial charge on any atom is -0.491 e. The number of aromatic carboxylic acids is 1. The SMILES string of the molecule is CO[C@H](C1=CC(CCS(N)(=O)=O)C1)[C@@H]1CC[C@H]1CN1Cc2ccc(Cl)cc2CCCCOc2ccc(C(=O)O)cc21. The predicted molar refractivity (Wildman–Crippen MR) is 160 cm³/mol. The lowest BCUT2D eigenvalue weighted by atomic mass is 9.65. The highest BCUT2D eigenvalue weighted by Gasteiger charge is 2.42. The molecule has 1 heterocycles. The number of benzene rings is 2. The monoisotopic (exact) mass is 602 g/mol. The summed E-state index contributed by atoms with van der Waals surface area (Å²) in [5.74, 6) is 0.598. The van der Waals surface area contributed by atoms with E-state index in [0.29, 0.717) is 42.2 Å². The quantitative estimate of drug-likeness (QED) is 0.368. The van der Waals surface area contributed by atoms with Gasteiger partial charge in [0.2, 0.25) is 10.0 Å². The molecule has 3 aliphatic rings. The summed E-state index contributed by atoms with van der Waals surface area (Å²) in [4.78, 5) is 14.2. The number of methoxy groups -OCH3 is 1. The van der Waals surface area contributed by atoms with Gasteiger partial charge in [0, 0.05) is 25.2 Å². The molecule has 2 aromatic rings. The Kier molecular flexibility index (Phi) is 9.28. The molecule has 0 bridgehead atoms. The van der Waals surface area contributed by atoms with Crippen LogP contribution in [0.4, 0.5) is 5.69 Å². The Hall–Kier alpha value is -2.59. The number of allylic oxidation sites excluding steroid dienone is 1. The molecule has 1 aliphatic heterocycles. The summed E-state index contributed by atoms with van der Waals surface area (Å²) in [7, 11) is -1.72. The summed E-state index contributed by atoms with van der Waals surface area (Å²) in [6, 6.07) is 11.2. The maximum absolute atomic E-state index is 11.9. The standard InChI is InChI=1S/C31H39ClN2O6S/c1-39-30(25-14-20(15-25)11-13-41(33,37)38)27-9-6-24(27)19-34-18-23-5-8-26(32)16-21(23)4-2-3-12-40-29-10-7-22(31(35)36)17-28(29)34/h5,7-8,10,14,16-17,20,24,27,30H,2-4,6,9,11-13,15,18-19H2,1H3,(H,35,36)(H2,33,37,38)/t20?,24-,27+,30+/m0/s1. The Bertz CT molecular complexity index is 1410. The van der Waals surface area contributed by atoms with Crippen LogP contribution in [-0.2, 0) is 27.7 Å². The van der Waals surface area contributed by atoms with Crippen LogP contribution in [0.3, 0.4) is 0 Å². The smallest absolute Gasteiger partial charge is 0.335 e. The van der Waals surface area contributed by atoms with Crippen molar-refractivity contribution in [3.8, 4) is 5.75 Å². The highest BCUT2D eigenvalue weighted by atomic mass is 35.5. The van der Waals surface area contributed by atoms with E-state index < -0.39 is 16.0 Å².